The highest BCUT2D eigenvalue weighted by atomic mass is 32.1. The van der Waals surface area contributed by atoms with Gasteiger partial charge in [0, 0.05) is 31.0 Å². The molecular weight excluding hydrogens is 510 g/mol. The molecule has 0 bridgehead atoms. The first-order valence-electron chi connectivity index (χ1n) is 12.8. The number of aromatic nitrogens is 3. The van der Waals surface area contributed by atoms with Crippen molar-refractivity contribution in [2.45, 2.75) is 33.7 Å². The standard InChI is InChI=1S/C30H31N5O3S/c1-7-38-29(37)26-19(3)31-30-34(27(26)21-13-15-22(16-14-21)33(5)6)28(36)25(39-30)17-24-18(2)32-35(20(24)4)23-11-9-8-10-12-23/h8-17,27H,7H2,1-6H3/b25-17-/t27-/m0/s1. The SMILES string of the molecule is CCOC(=O)C1=C(C)N=c2s/c(=C\c3c(C)nn(-c4ccccc4)c3C)c(=O)n2[C@H]1c1ccc(N(C)C)cc1. The van der Waals surface area contributed by atoms with E-state index in [0.717, 1.165) is 33.9 Å². The fourth-order valence-electron chi connectivity index (χ4n) is 4.88. The van der Waals surface area contributed by atoms with Gasteiger partial charge in [0.05, 0.1) is 39.8 Å². The van der Waals surface area contributed by atoms with Crippen LogP contribution in [0.5, 0.6) is 0 Å². The van der Waals surface area contributed by atoms with Gasteiger partial charge >= 0.3 is 5.97 Å². The van der Waals surface area contributed by atoms with E-state index < -0.39 is 12.0 Å². The maximum absolute atomic E-state index is 14.0. The summed E-state index contributed by atoms with van der Waals surface area (Å²) in [5.74, 6) is -0.467. The van der Waals surface area contributed by atoms with E-state index in [1.54, 1.807) is 18.4 Å². The largest absolute Gasteiger partial charge is 0.463 e. The summed E-state index contributed by atoms with van der Waals surface area (Å²) in [5, 5.41) is 4.73. The topological polar surface area (TPSA) is 81.7 Å². The number of esters is 1. The van der Waals surface area contributed by atoms with Gasteiger partial charge in [-0.05, 0) is 63.6 Å². The number of carbonyl (C=O) groups excluding carboxylic acids is 1. The van der Waals surface area contributed by atoms with Crippen molar-refractivity contribution < 1.29 is 9.53 Å². The van der Waals surface area contributed by atoms with E-state index in [9.17, 15) is 9.59 Å². The molecule has 200 valence electrons. The lowest BCUT2D eigenvalue weighted by molar-refractivity contribution is -0.139. The molecule has 1 aliphatic rings. The molecule has 0 N–H and O–H groups in total. The monoisotopic (exact) mass is 541 g/mol. The smallest absolute Gasteiger partial charge is 0.338 e. The molecule has 8 nitrogen and oxygen atoms in total. The molecule has 0 amide bonds. The first-order valence-corrected chi connectivity index (χ1v) is 13.6. The number of thiazole rings is 1. The van der Waals surface area contributed by atoms with Crippen LogP contribution in [0.2, 0.25) is 0 Å². The van der Waals surface area contributed by atoms with Crippen molar-refractivity contribution in [1.29, 1.82) is 0 Å². The van der Waals surface area contributed by atoms with Crippen LogP contribution in [0, 0.1) is 13.8 Å². The van der Waals surface area contributed by atoms with Crippen LogP contribution in [-0.4, -0.2) is 41.0 Å². The fraction of sp³-hybridized carbons (Fsp3) is 0.267. The van der Waals surface area contributed by atoms with Gasteiger partial charge in [0.1, 0.15) is 0 Å². The van der Waals surface area contributed by atoms with Crippen molar-refractivity contribution in [3.05, 3.63) is 108 Å². The summed E-state index contributed by atoms with van der Waals surface area (Å²) in [7, 11) is 3.94. The number of rotatable bonds is 6. The van der Waals surface area contributed by atoms with Crippen LogP contribution in [0.3, 0.4) is 0 Å². The van der Waals surface area contributed by atoms with Gasteiger partial charge in [-0.1, -0.05) is 41.7 Å². The number of benzene rings is 2. The van der Waals surface area contributed by atoms with E-state index in [-0.39, 0.29) is 12.2 Å². The first-order chi connectivity index (χ1) is 18.7. The number of ether oxygens (including phenoxy) is 1. The molecule has 1 aliphatic heterocycles. The van der Waals surface area contributed by atoms with Crippen LogP contribution >= 0.6 is 11.3 Å². The Morgan fingerprint density at radius 2 is 1.77 bits per heavy atom. The van der Waals surface area contributed by atoms with Crippen molar-refractivity contribution in [3.63, 3.8) is 0 Å². The summed E-state index contributed by atoms with van der Waals surface area (Å²) in [6.07, 6.45) is 1.89. The summed E-state index contributed by atoms with van der Waals surface area (Å²) >= 11 is 1.31. The van der Waals surface area contributed by atoms with Gasteiger partial charge in [0.2, 0.25) is 0 Å². The highest BCUT2D eigenvalue weighted by Gasteiger charge is 2.33. The second kappa shape index (κ2) is 10.5. The van der Waals surface area contributed by atoms with Crippen LogP contribution < -0.4 is 19.8 Å². The number of nitrogens with zero attached hydrogens (tertiary/aromatic N) is 5. The molecule has 4 aromatic rings. The van der Waals surface area contributed by atoms with Crippen LogP contribution in [0.1, 0.15) is 42.4 Å². The molecule has 1 atom stereocenters. The Labute approximate surface area is 230 Å². The number of hydrogen-bond acceptors (Lipinski definition) is 7. The maximum atomic E-state index is 14.0. The molecule has 0 radical (unpaired) electrons. The Hall–Kier alpha value is -4.24. The molecule has 0 saturated carbocycles. The third kappa shape index (κ3) is 4.74. The van der Waals surface area contributed by atoms with Gasteiger partial charge in [-0.2, -0.15) is 5.10 Å². The number of para-hydroxylation sites is 1. The molecule has 3 heterocycles. The Morgan fingerprint density at radius 1 is 1.08 bits per heavy atom. The van der Waals surface area contributed by atoms with Crippen LogP contribution in [0.15, 0.2) is 75.7 Å². The summed E-state index contributed by atoms with van der Waals surface area (Å²) in [4.78, 5) is 34.3. The van der Waals surface area contributed by atoms with Crippen molar-refractivity contribution in [2.24, 2.45) is 4.99 Å². The summed E-state index contributed by atoms with van der Waals surface area (Å²) < 4.78 is 9.43. The van der Waals surface area contributed by atoms with E-state index in [1.807, 2.05) is 98.2 Å². The molecule has 5 rings (SSSR count). The zero-order chi connectivity index (χ0) is 27.8. The van der Waals surface area contributed by atoms with Crippen molar-refractivity contribution in [2.75, 3.05) is 25.6 Å². The number of anilines is 1. The third-order valence-corrected chi connectivity index (χ3v) is 7.85. The van der Waals surface area contributed by atoms with Gasteiger partial charge in [-0.3, -0.25) is 9.36 Å². The van der Waals surface area contributed by atoms with Crippen LogP contribution in [0.4, 0.5) is 5.69 Å². The first kappa shape index (κ1) is 26.4. The minimum Gasteiger partial charge on any atom is -0.463 e. The van der Waals surface area contributed by atoms with E-state index in [1.165, 1.54) is 11.3 Å². The highest BCUT2D eigenvalue weighted by molar-refractivity contribution is 7.07. The molecule has 9 heteroatoms. The average Bonchev–Trinajstić information content (AvgIpc) is 3.38. The Balaban J connectivity index is 1.69. The van der Waals surface area contributed by atoms with E-state index in [2.05, 4.69) is 4.99 Å². The maximum Gasteiger partial charge on any atom is 0.338 e. The molecule has 0 spiro atoms. The van der Waals surface area contributed by atoms with Crippen molar-refractivity contribution in [1.82, 2.24) is 14.3 Å². The molecule has 0 unspecified atom stereocenters. The third-order valence-electron chi connectivity index (χ3n) is 6.87. The second-order valence-corrected chi connectivity index (χ2v) is 10.6. The Bertz CT molecular complexity index is 1760. The van der Waals surface area contributed by atoms with Gasteiger partial charge < -0.3 is 9.64 Å². The molecule has 0 aliphatic carbocycles. The number of fused-ring (bicyclic) bond motifs is 1. The Kier molecular flexibility index (Phi) is 7.10. The fourth-order valence-corrected chi connectivity index (χ4v) is 5.91. The van der Waals surface area contributed by atoms with Crippen molar-refractivity contribution in [3.8, 4) is 5.69 Å². The molecule has 2 aromatic heterocycles. The molecule has 0 fully saturated rings. The zero-order valence-electron chi connectivity index (χ0n) is 22.9. The lowest BCUT2D eigenvalue weighted by atomic mass is 9.95. The van der Waals surface area contributed by atoms with Crippen molar-refractivity contribution >= 4 is 29.1 Å². The number of hydrogen-bond donors (Lipinski definition) is 0. The van der Waals surface area contributed by atoms with Gasteiger partial charge in [-0.15, -0.1) is 0 Å². The van der Waals surface area contributed by atoms with Gasteiger partial charge in [-0.25, -0.2) is 14.5 Å². The van der Waals surface area contributed by atoms with E-state index in [0.29, 0.717) is 20.6 Å². The van der Waals surface area contributed by atoms with E-state index >= 15 is 0 Å². The summed E-state index contributed by atoms with van der Waals surface area (Å²) in [6, 6.07) is 17.1. The number of carbonyl (C=O) groups is 1. The molecule has 0 saturated heterocycles. The minimum absolute atomic E-state index is 0.207. The average molecular weight is 542 g/mol. The number of aryl methyl sites for hydroxylation is 1. The normalized spacial score (nSPS) is 15.2. The van der Waals surface area contributed by atoms with Crippen LogP contribution in [0.25, 0.3) is 11.8 Å². The molecular formula is C30H31N5O3S. The quantitative estimate of drug-likeness (QED) is 0.348. The molecule has 2 aromatic carbocycles. The number of allylic oxidation sites excluding steroid dienone is 1. The Morgan fingerprint density at radius 3 is 2.41 bits per heavy atom. The molecule has 39 heavy (non-hydrogen) atoms. The second-order valence-electron chi connectivity index (χ2n) is 9.62. The lowest BCUT2D eigenvalue weighted by Crippen LogP contribution is -2.40. The zero-order valence-corrected chi connectivity index (χ0v) is 23.7. The highest BCUT2D eigenvalue weighted by Crippen LogP contribution is 2.31. The van der Waals surface area contributed by atoms with E-state index in [4.69, 9.17) is 9.84 Å². The predicted molar refractivity (Wildman–Crippen MR) is 154 cm³/mol. The summed E-state index contributed by atoms with van der Waals surface area (Å²) in [6.45, 7) is 7.73. The van der Waals surface area contributed by atoms with Gasteiger partial charge in [0.15, 0.2) is 4.80 Å². The minimum atomic E-state index is -0.645. The lowest BCUT2D eigenvalue weighted by Gasteiger charge is -2.25. The summed E-state index contributed by atoms with van der Waals surface area (Å²) in [5.41, 5.74) is 6.14. The van der Waals surface area contributed by atoms with Gasteiger partial charge in [0.25, 0.3) is 5.56 Å². The van der Waals surface area contributed by atoms with Crippen LogP contribution in [-0.2, 0) is 9.53 Å². The predicted octanol–water partition coefficient (Wildman–Crippen LogP) is 3.67.